The maximum absolute atomic E-state index is 6.01. The SMILES string of the molecule is Cc1nccc(CN=C(N)N2CCC(C)CC2)n1.I. The van der Waals surface area contributed by atoms with Gasteiger partial charge in [-0.1, -0.05) is 6.92 Å². The number of nitrogens with zero attached hydrogens (tertiary/aromatic N) is 4. The van der Waals surface area contributed by atoms with Crippen LogP contribution < -0.4 is 5.73 Å². The van der Waals surface area contributed by atoms with Gasteiger partial charge in [0, 0.05) is 19.3 Å². The normalized spacial score (nSPS) is 17.2. The summed E-state index contributed by atoms with van der Waals surface area (Å²) in [5.41, 5.74) is 6.93. The standard InChI is InChI=1S/C13H21N5.HI/c1-10-4-7-18(8-5-10)13(14)16-9-12-3-6-15-11(2)17-12;/h3,6,10H,4-5,7-9H2,1-2H3,(H2,14,16);1H. The molecule has 1 aliphatic rings. The maximum atomic E-state index is 6.01. The van der Waals surface area contributed by atoms with Crippen molar-refractivity contribution < 1.29 is 0 Å². The van der Waals surface area contributed by atoms with Crippen molar-refractivity contribution in [3.8, 4) is 0 Å². The van der Waals surface area contributed by atoms with E-state index >= 15 is 0 Å². The van der Waals surface area contributed by atoms with Crippen LogP contribution in [0.4, 0.5) is 0 Å². The van der Waals surface area contributed by atoms with Crippen LogP contribution in [0, 0.1) is 12.8 Å². The van der Waals surface area contributed by atoms with Gasteiger partial charge in [-0.2, -0.15) is 0 Å². The first-order valence-electron chi connectivity index (χ1n) is 6.48. The third-order valence-corrected chi connectivity index (χ3v) is 3.34. The molecule has 0 bridgehead atoms. The van der Waals surface area contributed by atoms with Gasteiger partial charge >= 0.3 is 0 Å². The highest BCUT2D eigenvalue weighted by Crippen LogP contribution is 2.15. The lowest BCUT2D eigenvalue weighted by atomic mass is 10.00. The molecule has 2 rings (SSSR count). The van der Waals surface area contributed by atoms with E-state index in [-0.39, 0.29) is 24.0 Å². The molecule has 6 heteroatoms. The largest absolute Gasteiger partial charge is 0.370 e. The fraction of sp³-hybridized carbons (Fsp3) is 0.615. The van der Waals surface area contributed by atoms with Gasteiger partial charge in [0.1, 0.15) is 5.82 Å². The number of aromatic nitrogens is 2. The number of hydrogen-bond acceptors (Lipinski definition) is 3. The van der Waals surface area contributed by atoms with Crippen LogP contribution in [0.1, 0.15) is 31.3 Å². The van der Waals surface area contributed by atoms with Gasteiger partial charge in [-0.3, -0.25) is 0 Å². The van der Waals surface area contributed by atoms with Crippen LogP contribution in [-0.2, 0) is 6.54 Å². The van der Waals surface area contributed by atoms with Gasteiger partial charge in [-0.25, -0.2) is 15.0 Å². The van der Waals surface area contributed by atoms with Crippen LogP contribution in [-0.4, -0.2) is 33.9 Å². The average Bonchev–Trinajstić information content (AvgIpc) is 2.37. The summed E-state index contributed by atoms with van der Waals surface area (Å²) in [6, 6.07) is 1.88. The first-order valence-corrected chi connectivity index (χ1v) is 6.48. The summed E-state index contributed by atoms with van der Waals surface area (Å²) in [4.78, 5) is 14.9. The second kappa shape index (κ2) is 7.62. The number of guanidine groups is 1. The number of halogens is 1. The topological polar surface area (TPSA) is 67.4 Å². The first kappa shape index (κ1) is 16.1. The number of rotatable bonds is 2. The average molecular weight is 375 g/mol. The van der Waals surface area contributed by atoms with E-state index in [1.54, 1.807) is 6.20 Å². The van der Waals surface area contributed by atoms with Crippen molar-refractivity contribution in [2.75, 3.05) is 13.1 Å². The maximum Gasteiger partial charge on any atom is 0.191 e. The Bertz CT molecular complexity index is 427. The van der Waals surface area contributed by atoms with Crippen molar-refractivity contribution in [1.82, 2.24) is 14.9 Å². The molecule has 106 valence electrons. The van der Waals surface area contributed by atoms with Gasteiger partial charge in [0.2, 0.25) is 0 Å². The van der Waals surface area contributed by atoms with Crippen molar-refractivity contribution in [3.05, 3.63) is 23.8 Å². The van der Waals surface area contributed by atoms with E-state index in [2.05, 4.69) is 26.8 Å². The zero-order valence-corrected chi connectivity index (χ0v) is 13.9. The summed E-state index contributed by atoms with van der Waals surface area (Å²) < 4.78 is 0. The van der Waals surface area contributed by atoms with Crippen LogP contribution in [0.5, 0.6) is 0 Å². The molecule has 0 aliphatic carbocycles. The predicted octanol–water partition coefficient (Wildman–Crippen LogP) is 1.95. The second-order valence-electron chi connectivity index (χ2n) is 4.94. The third-order valence-electron chi connectivity index (χ3n) is 3.34. The van der Waals surface area contributed by atoms with Crippen molar-refractivity contribution in [2.45, 2.75) is 33.2 Å². The molecule has 1 saturated heterocycles. The molecule has 0 radical (unpaired) electrons. The van der Waals surface area contributed by atoms with E-state index in [4.69, 9.17) is 5.73 Å². The van der Waals surface area contributed by atoms with E-state index in [9.17, 15) is 0 Å². The molecule has 0 saturated carbocycles. The zero-order valence-electron chi connectivity index (χ0n) is 11.5. The molecule has 2 N–H and O–H groups in total. The highest BCUT2D eigenvalue weighted by atomic mass is 127. The Balaban J connectivity index is 0.00000180. The Hall–Kier alpha value is -0.920. The van der Waals surface area contributed by atoms with E-state index < -0.39 is 0 Å². The summed E-state index contributed by atoms with van der Waals surface area (Å²) in [6.45, 7) is 6.72. The number of aliphatic imine (C=N–C) groups is 1. The molecule has 0 amide bonds. The molecule has 0 atom stereocenters. The fourth-order valence-corrected chi connectivity index (χ4v) is 2.09. The van der Waals surface area contributed by atoms with E-state index in [0.29, 0.717) is 12.5 Å². The monoisotopic (exact) mass is 375 g/mol. The molecule has 0 aromatic carbocycles. The van der Waals surface area contributed by atoms with Crippen molar-refractivity contribution >= 4 is 29.9 Å². The molecule has 5 nitrogen and oxygen atoms in total. The van der Waals surface area contributed by atoms with Crippen LogP contribution >= 0.6 is 24.0 Å². The van der Waals surface area contributed by atoms with Crippen LogP contribution in [0.3, 0.4) is 0 Å². The molecular weight excluding hydrogens is 353 g/mol. The highest BCUT2D eigenvalue weighted by molar-refractivity contribution is 14.0. The van der Waals surface area contributed by atoms with E-state index in [0.717, 1.165) is 30.5 Å². The van der Waals surface area contributed by atoms with Crippen molar-refractivity contribution in [2.24, 2.45) is 16.6 Å². The Morgan fingerprint density at radius 2 is 2.16 bits per heavy atom. The summed E-state index contributed by atoms with van der Waals surface area (Å²) in [7, 11) is 0. The van der Waals surface area contributed by atoms with Crippen LogP contribution in [0.2, 0.25) is 0 Å². The summed E-state index contributed by atoms with van der Waals surface area (Å²) in [5.74, 6) is 2.21. The first-order chi connectivity index (χ1) is 8.65. The molecule has 2 heterocycles. The minimum atomic E-state index is 0. The van der Waals surface area contributed by atoms with Gasteiger partial charge in [0.15, 0.2) is 5.96 Å². The minimum absolute atomic E-state index is 0. The quantitative estimate of drug-likeness (QED) is 0.488. The Labute approximate surface area is 131 Å². The fourth-order valence-electron chi connectivity index (χ4n) is 2.09. The van der Waals surface area contributed by atoms with Crippen molar-refractivity contribution in [1.29, 1.82) is 0 Å². The van der Waals surface area contributed by atoms with E-state index in [1.165, 1.54) is 12.8 Å². The highest BCUT2D eigenvalue weighted by Gasteiger charge is 2.16. The second-order valence-corrected chi connectivity index (χ2v) is 4.94. The van der Waals surface area contributed by atoms with Gasteiger partial charge in [0.05, 0.1) is 12.2 Å². The zero-order chi connectivity index (χ0) is 13.0. The third kappa shape index (κ3) is 4.93. The van der Waals surface area contributed by atoms with Gasteiger partial charge in [-0.05, 0) is 31.7 Å². The molecule has 1 aliphatic heterocycles. The van der Waals surface area contributed by atoms with Gasteiger partial charge in [0.25, 0.3) is 0 Å². The Morgan fingerprint density at radius 3 is 2.79 bits per heavy atom. The molecular formula is C13H22IN5. The molecule has 0 unspecified atom stereocenters. The number of nitrogens with two attached hydrogens (primary N) is 1. The van der Waals surface area contributed by atoms with E-state index in [1.807, 2.05) is 13.0 Å². The van der Waals surface area contributed by atoms with Crippen LogP contribution in [0.15, 0.2) is 17.3 Å². The number of likely N-dealkylation sites (tertiary alicyclic amines) is 1. The molecule has 1 aromatic heterocycles. The van der Waals surface area contributed by atoms with Gasteiger partial charge in [-0.15, -0.1) is 24.0 Å². The smallest absolute Gasteiger partial charge is 0.191 e. The number of piperidine rings is 1. The van der Waals surface area contributed by atoms with Crippen molar-refractivity contribution in [3.63, 3.8) is 0 Å². The summed E-state index contributed by atoms with van der Waals surface area (Å²) in [6.07, 6.45) is 4.15. The lowest BCUT2D eigenvalue weighted by molar-refractivity contribution is 0.277. The summed E-state index contributed by atoms with van der Waals surface area (Å²) in [5, 5.41) is 0. The molecule has 1 aromatic rings. The Morgan fingerprint density at radius 1 is 1.47 bits per heavy atom. The molecule has 1 fully saturated rings. The number of hydrogen-bond donors (Lipinski definition) is 1. The Kier molecular flexibility index (Phi) is 6.47. The molecule has 0 spiro atoms. The summed E-state index contributed by atoms with van der Waals surface area (Å²) >= 11 is 0. The van der Waals surface area contributed by atoms with Gasteiger partial charge < -0.3 is 10.6 Å². The molecule has 19 heavy (non-hydrogen) atoms. The predicted molar refractivity (Wildman–Crippen MR) is 87.5 cm³/mol. The van der Waals surface area contributed by atoms with Crippen LogP contribution in [0.25, 0.3) is 0 Å². The lowest BCUT2D eigenvalue weighted by Crippen LogP contribution is -2.42. The number of aryl methyl sites for hydroxylation is 1. The minimum Gasteiger partial charge on any atom is -0.370 e. The lowest BCUT2D eigenvalue weighted by Gasteiger charge is -2.30.